The molecule has 0 aromatic heterocycles. The molecule has 0 aromatic rings. The van der Waals surface area contributed by atoms with E-state index in [1.165, 1.54) is 0 Å². The van der Waals surface area contributed by atoms with Crippen LogP contribution < -0.4 is 0 Å². The van der Waals surface area contributed by atoms with Crippen LogP contribution in [-0.4, -0.2) is 39.3 Å². The Morgan fingerprint density at radius 3 is 2.75 bits per heavy atom. The highest BCUT2D eigenvalue weighted by molar-refractivity contribution is 9.09. The van der Waals surface area contributed by atoms with E-state index in [1.807, 2.05) is 4.90 Å². The molecular formula is C11H16BrNO3. The monoisotopic (exact) mass is 289 g/mol. The molecule has 2 aliphatic rings. The number of carbonyl (C=O) groups excluding carboxylic acids is 1. The van der Waals surface area contributed by atoms with E-state index in [0.717, 1.165) is 25.8 Å². The molecule has 1 saturated heterocycles. The molecule has 1 heterocycles. The van der Waals surface area contributed by atoms with Crippen molar-refractivity contribution >= 4 is 27.8 Å². The SMILES string of the molecule is O=C(O)C1CCCC(N2CC(Br)CC2=O)C1. The van der Waals surface area contributed by atoms with Gasteiger partial charge < -0.3 is 10.0 Å². The highest BCUT2D eigenvalue weighted by Crippen LogP contribution is 2.31. The lowest BCUT2D eigenvalue weighted by molar-refractivity contribution is -0.144. The van der Waals surface area contributed by atoms with Gasteiger partial charge in [0.2, 0.25) is 5.91 Å². The zero-order valence-electron chi connectivity index (χ0n) is 9.06. The number of hydrogen-bond donors (Lipinski definition) is 1. The Hall–Kier alpha value is -0.580. The molecule has 1 aliphatic heterocycles. The summed E-state index contributed by atoms with van der Waals surface area (Å²) in [6, 6.07) is 0.143. The average Bonchev–Trinajstić information content (AvgIpc) is 2.58. The molecule has 16 heavy (non-hydrogen) atoms. The summed E-state index contributed by atoms with van der Waals surface area (Å²) >= 11 is 3.45. The van der Waals surface area contributed by atoms with Crippen LogP contribution >= 0.6 is 15.9 Å². The number of halogens is 1. The first-order chi connectivity index (χ1) is 7.58. The van der Waals surface area contributed by atoms with Crippen LogP contribution in [0.1, 0.15) is 32.1 Å². The molecule has 0 aromatic carbocycles. The zero-order valence-corrected chi connectivity index (χ0v) is 10.6. The van der Waals surface area contributed by atoms with E-state index in [1.54, 1.807) is 0 Å². The predicted molar refractivity (Wildman–Crippen MR) is 62.4 cm³/mol. The van der Waals surface area contributed by atoms with Gasteiger partial charge in [0, 0.05) is 23.8 Å². The highest BCUT2D eigenvalue weighted by Gasteiger charge is 2.37. The second kappa shape index (κ2) is 4.73. The van der Waals surface area contributed by atoms with Crippen molar-refractivity contribution in [3.05, 3.63) is 0 Å². The highest BCUT2D eigenvalue weighted by atomic mass is 79.9. The van der Waals surface area contributed by atoms with Crippen molar-refractivity contribution in [3.8, 4) is 0 Å². The predicted octanol–water partition coefficient (Wildman–Crippen LogP) is 1.63. The van der Waals surface area contributed by atoms with Crippen LogP contribution in [0.15, 0.2) is 0 Å². The van der Waals surface area contributed by atoms with Crippen molar-refractivity contribution in [2.45, 2.75) is 43.0 Å². The minimum Gasteiger partial charge on any atom is -0.481 e. The number of aliphatic carboxylic acids is 1. The van der Waals surface area contributed by atoms with Crippen LogP contribution in [0.3, 0.4) is 0 Å². The molecule has 0 bridgehead atoms. The zero-order chi connectivity index (χ0) is 11.7. The fourth-order valence-electron chi connectivity index (χ4n) is 2.71. The number of likely N-dealkylation sites (tertiary alicyclic amines) is 1. The Morgan fingerprint density at radius 1 is 1.44 bits per heavy atom. The number of hydrogen-bond acceptors (Lipinski definition) is 2. The Balaban J connectivity index is 1.99. The number of nitrogens with zero attached hydrogens (tertiary/aromatic N) is 1. The lowest BCUT2D eigenvalue weighted by Gasteiger charge is -2.33. The van der Waals surface area contributed by atoms with Crippen molar-refractivity contribution in [2.24, 2.45) is 5.92 Å². The van der Waals surface area contributed by atoms with Crippen LogP contribution in [-0.2, 0) is 9.59 Å². The molecule has 0 spiro atoms. The summed E-state index contributed by atoms with van der Waals surface area (Å²) in [6.45, 7) is 0.732. The van der Waals surface area contributed by atoms with Gasteiger partial charge in [0.25, 0.3) is 0 Å². The lowest BCUT2D eigenvalue weighted by atomic mass is 9.85. The first-order valence-electron chi connectivity index (χ1n) is 5.74. The van der Waals surface area contributed by atoms with Crippen LogP contribution in [0.2, 0.25) is 0 Å². The summed E-state index contributed by atoms with van der Waals surface area (Å²) in [5.74, 6) is -0.814. The topological polar surface area (TPSA) is 57.6 Å². The number of rotatable bonds is 2. The van der Waals surface area contributed by atoms with Crippen LogP contribution in [0.25, 0.3) is 0 Å². The molecule has 3 unspecified atom stereocenters. The van der Waals surface area contributed by atoms with Gasteiger partial charge in [-0.15, -0.1) is 0 Å². The van der Waals surface area contributed by atoms with Crippen LogP contribution in [0.5, 0.6) is 0 Å². The Kier molecular flexibility index (Phi) is 3.52. The minimum absolute atomic E-state index is 0.143. The van der Waals surface area contributed by atoms with Gasteiger partial charge in [-0.05, 0) is 19.3 Å². The summed E-state index contributed by atoms with van der Waals surface area (Å²) in [7, 11) is 0. The van der Waals surface area contributed by atoms with Gasteiger partial charge in [0.15, 0.2) is 0 Å². The van der Waals surface area contributed by atoms with Gasteiger partial charge >= 0.3 is 5.97 Å². The number of carbonyl (C=O) groups is 2. The molecule has 1 amide bonds. The molecule has 1 saturated carbocycles. The van der Waals surface area contributed by atoms with E-state index >= 15 is 0 Å². The van der Waals surface area contributed by atoms with Crippen molar-refractivity contribution < 1.29 is 14.7 Å². The number of amides is 1. The smallest absolute Gasteiger partial charge is 0.306 e. The first kappa shape index (κ1) is 11.9. The van der Waals surface area contributed by atoms with Gasteiger partial charge in [-0.25, -0.2) is 0 Å². The Labute approximate surface area is 103 Å². The van der Waals surface area contributed by atoms with Gasteiger partial charge in [-0.2, -0.15) is 0 Å². The van der Waals surface area contributed by atoms with Crippen LogP contribution in [0, 0.1) is 5.92 Å². The molecule has 1 N–H and O–H groups in total. The molecule has 0 radical (unpaired) electrons. The summed E-state index contributed by atoms with van der Waals surface area (Å²) in [5, 5.41) is 9.00. The van der Waals surface area contributed by atoms with E-state index in [-0.39, 0.29) is 22.7 Å². The average molecular weight is 290 g/mol. The van der Waals surface area contributed by atoms with Gasteiger partial charge in [0.05, 0.1) is 5.92 Å². The minimum atomic E-state index is -0.716. The standard InChI is InChI=1S/C11H16BrNO3/c12-8-5-10(14)13(6-8)9-3-1-2-7(4-9)11(15)16/h7-9H,1-6H2,(H,15,16). The summed E-state index contributed by atoms with van der Waals surface area (Å²) < 4.78 is 0. The second-order valence-corrected chi connectivity index (χ2v) is 6.00. The summed E-state index contributed by atoms with van der Waals surface area (Å²) in [5.41, 5.74) is 0. The van der Waals surface area contributed by atoms with Crippen molar-refractivity contribution in [3.63, 3.8) is 0 Å². The third-order valence-corrected chi connectivity index (χ3v) is 4.16. The molecule has 2 rings (SSSR count). The van der Waals surface area contributed by atoms with Gasteiger partial charge in [-0.1, -0.05) is 22.4 Å². The largest absolute Gasteiger partial charge is 0.481 e. The number of carboxylic acids is 1. The van der Waals surface area contributed by atoms with Crippen molar-refractivity contribution in [2.75, 3.05) is 6.54 Å². The molecular weight excluding hydrogens is 274 g/mol. The Bertz CT molecular complexity index is 308. The molecule has 4 nitrogen and oxygen atoms in total. The van der Waals surface area contributed by atoms with E-state index in [0.29, 0.717) is 12.8 Å². The normalized spacial score (nSPS) is 35.4. The molecule has 3 atom stereocenters. The molecule has 1 aliphatic carbocycles. The molecule has 2 fully saturated rings. The third kappa shape index (κ3) is 2.39. The Morgan fingerprint density at radius 2 is 2.19 bits per heavy atom. The maximum Gasteiger partial charge on any atom is 0.306 e. The summed E-state index contributed by atoms with van der Waals surface area (Å²) in [6.07, 6.45) is 3.80. The van der Waals surface area contributed by atoms with E-state index in [2.05, 4.69) is 15.9 Å². The van der Waals surface area contributed by atoms with Gasteiger partial charge in [0.1, 0.15) is 0 Å². The third-order valence-electron chi connectivity index (χ3n) is 3.55. The second-order valence-electron chi connectivity index (χ2n) is 4.70. The van der Waals surface area contributed by atoms with Crippen molar-refractivity contribution in [1.29, 1.82) is 0 Å². The number of alkyl halides is 1. The van der Waals surface area contributed by atoms with Crippen molar-refractivity contribution in [1.82, 2.24) is 4.90 Å². The first-order valence-corrected chi connectivity index (χ1v) is 6.66. The van der Waals surface area contributed by atoms with Gasteiger partial charge in [-0.3, -0.25) is 9.59 Å². The quantitative estimate of drug-likeness (QED) is 0.786. The molecule has 5 heteroatoms. The summed E-state index contributed by atoms with van der Waals surface area (Å²) in [4.78, 5) is 24.8. The maximum atomic E-state index is 11.7. The van der Waals surface area contributed by atoms with Crippen LogP contribution in [0.4, 0.5) is 0 Å². The fraction of sp³-hybridized carbons (Fsp3) is 0.818. The number of carboxylic acid groups (broad SMARTS) is 1. The fourth-order valence-corrected chi connectivity index (χ4v) is 3.30. The molecule has 90 valence electrons. The van der Waals surface area contributed by atoms with E-state index in [4.69, 9.17) is 5.11 Å². The maximum absolute atomic E-state index is 11.7. The lowest BCUT2D eigenvalue weighted by Crippen LogP contribution is -2.41. The van der Waals surface area contributed by atoms with E-state index < -0.39 is 5.97 Å². The van der Waals surface area contributed by atoms with E-state index in [9.17, 15) is 9.59 Å².